The summed E-state index contributed by atoms with van der Waals surface area (Å²) in [4.78, 5) is 51.8. The number of unbranched alkanes of at least 4 members (excludes halogenated alkanes) is 4. The molecule has 3 aliphatic heterocycles. The normalized spacial score (nSPS) is 27.1. The van der Waals surface area contributed by atoms with E-state index < -0.39 is 36.8 Å². The number of nitrogens with zero attached hydrogens (tertiary/aromatic N) is 3. The average molecular weight is 655 g/mol. The zero-order chi connectivity index (χ0) is 32.2. The lowest BCUT2D eigenvalue weighted by atomic mass is 10.0. The number of carbonyl (C=O) groups is 3. The molecule has 4 rings (SSSR count). The molecule has 0 aliphatic carbocycles. The molecule has 3 fully saturated rings. The van der Waals surface area contributed by atoms with Crippen molar-refractivity contribution in [1.29, 1.82) is 0 Å². The van der Waals surface area contributed by atoms with Gasteiger partial charge in [-0.05, 0) is 38.5 Å². The summed E-state index contributed by atoms with van der Waals surface area (Å²) < 4.78 is 6.13. The van der Waals surface area contributed by atoms with Gasteiger partial charge in [0.1, 0.15) is 18.3 Å². The van der Waals surface area contributed by atoms with Gasteiger partial charge in [0.05, 0.1) is 24.9 Å². The molecule has 17 heteroatoms. The van der Waals surface area contributed by atoms with Crippen molar-refractivity contribution in [2.45, 2.75) is 106 Å². The Morgan fingerprint density at radius 1 is 0.956 bits per heavy atom. The molecule has 8 N–H and O–H groups in total. The summed E-state index contributed by atoms with van der Waals surface area (Å²) in [6.45, 7) is 1.13. The maximum Gasteiger partial charge on any atom is 0.368 e. The Kier molecular flexibility index (Phi) is 13.7. The maximum absolute atomic E-state index is 12.3. The number of ether oxygens (including phenoxy) is 1. The van der Waals surface area contributed by atoms with Crippen LogP contribution in [0.1, 0.15) is 70.4 Å². The molecule has 4 heterocycles. The van der Waals surface area contributed by atoms with Crippen LogP contribution in [0.25, 0.3) is 0 Å². The number of nitrogens with one attached hydrogen (secondary N) is 5. The van der Waals surface area contributed by atoms with E-state index in [9.17, 15) is 34.5 Å². The topological polar surface area (TPSA) is 229 Å². The van der Waals surface area contributed by atoms with Crippen molar-refractivity contribution < 1.29 is 34.4 Å². The van der Waals surface area contributed by atoms with Crippen LogP contribution in [-0.2, 0) is 14.3 Å². The number of rotatable bonds is 19. The van der Waals surface area contributed by atoms with Crippen molar-refractivity contribution in [3.8, 4) is 0 Å². The highest BCUT2D eigenvalue weighted by Gasteiger charge is 2.44. The largest absolute Gasteiger partial charge is 0.394 e. The summed E-state index contributed by atoms with van der Waals surface area (Å²) in [7, 11) is 0. The molecule has 3 aliphatic rings. The number of amides is 4. The second-order valence-electron chi connectivity index (χ2n) is 11.6. The quantitative estimate of drug-likeness (QED) is 0.0661. The predicted molar refractivity (Wildman–Crippen MR) is 165 cm³/mol. The van der Waals surface area contributed by atoms with Gasteiger partial charge in [-0.25, -0.2) is 9.59 Å². The van der Waals surface area contributed by atoms with Crippen LogP contribution in [0.5, 0.6) is 0 Å². The van der Waals surface area contributed by atoms with Crippen LogP contribution in [0.3, 0.4) is 0 Å². The van der Waals surface area contributed by atoms with Gasteiger partial charge in [0.2, 0.25) is 11.8 Å². The number of aromatic nitrogens is 3. The highest BCUT2D eigenvalue weighted by atomic mass is 32.2. The van der Waals surface area contributed by atoms with E-state index in [0.29, 0.717) is 37.7 Å². The van der Waals surface area contributed by atoms with Gasteiger partial charge < -0.3 is 46.6 Å². The van der Waals surface area contributed by atoms with Crippen LogP contribution in [0.15, 0.2) is 11.0 Å². The first-order chi connectivity index (χ1) is 21.8. The summed E-state index contributed by atoms with van der Waals surface area (Å²) in [5.74, 6) is 1.24. The van der Waals surface area contributed by atoms with E-state index in [1.165, 1.54) is 6.20 Å². The fourth-order valence-electron chi connectivity index (χ4n) is 5.65. The number of carbonyl (C=O) groups excluding carboxylic acids is 3. The summed E-state index contributed by atoms with van der Waals surface area (Å²) in [5, 5.41) is 48.3. The van der Waals surface area contributed by atoms with Gasteiger partial charge in [-0.15, -0.1) is 0 Å². The summed E-state index contributed by atoms with van der Waals surface area (Å²) in [6, 6.07) is 0.365. The molecule has 0 radical (unpaired) electrons. The zero-order valence-corrected chi connectivity index (χ0v) is 26.2. The molecule has 16 nitrogen and oxygen atoms in total. The number of hydrogen-bond acceptors (Lipinski definition) is 12. The Labute approximate surface area is 265 Å². The molecule has 1 aromatic heterocycles. The SMILES string of the molecule is O=C(CCCCCNC(=O)CCCCC1SC[C@H]2NC(=O)N[C@@H]12)NCCCCNc1cnn(C2OC(CO)C(O)C2O)c(=O)n1. The van der Waals surface area contributed by atoms with Crippen molar-refractivity contribution in [2.75, 3.05) is 37.3 Å². The number of hydrogen-bond donors (Lipinski definition) is 8. The van der Waals surface area contributed by atoms with Gasteiger partial charge in [0, 0.05) is 43.5 Å². The van der Waals surface area contributed by atoms with E-state index >= 15 is 0 Å². The zero-order valence-electron chi connectivity index (χ0n) is 25.4. The second kappa shape index (κ2) is 17.6. The minimum absolute atomic E-state index is 0.00829. The van der Waals surface area contributed by atoms with Gasteiger partial charge in [-0.3, -0.25) is 9.59 Å². The van der Waals surface area contributed by atoms with Crippen LogP contribution in [0, 0.1) is 0 Å². The van der Waals surface area contributed by atoms with E-state index in [0.717, 1.165) is 61.8 Å². The molecule has 1 aromatic rings. The molecule has 252 valence electrons. The molecule has 0 saturated carbocycles. The van der Waals surface area contributed by atoms with Crippen LogP contribution in [0.2, 0.25) is 0 Å². The maximum atomic E-state index is 12.3. The highest BCUT2D eigenvalue weighted by molar-refractivity contribution is 8.00. The first-order valence-corrected chi connectivity index (χ1v) is 16.9. The van der Waals surface area contributed by atoms with Crippen LogP contribution in [-0.4, -0.2) is 116 Å². The third-order valence-corrected chi connectivity index (χ3v) is 9.70. The molecule has 0 aromatic carbocycles. The number of thioether (sulfide) groups is 1. The second-order valence-corrected chi connectivity index (χ2v) is 12.9. The minimum atomic E-state index is -1.42. The van der Waals surface area contributed by atoms with E-state index in [1.807, 2.05) is 11.8 Å². The average Bonchev–Trinajstić information content (AvgIpc) is 3.66. The molecule has 4 amide bonds. The van der Waals surface area contributed by atoms with Crippen LogP contribution >= 0.6 is 11.8 Å². The van der Waals surface area contributed by atoms with Crippen molar-refractivity contribution in [3.05, 3.63) is 16.7 Å². The van der Waals surface area contributed by atoms with Crippen molar-refractivity contribution in [3.63, 3.8) is 0 Å². The van der Waals surface area contributed by atoms with Crippen LogP contribution in [0.4, 0.5) is 10.6 Å². The molecule has 7 atom stereocenters. The standard InChI is InChI=1S/C28H46N8O8S/c37-15-18-24(40)25(41)26(44-18)36-28(43)34-20(14-32-36)29-11-6-7-13-31-21(38)9-2-1-5-12-30-22(39)10-4-3-8-19-23-17(16-45-19)33-27(42)35-23/h14,17-19,23-26,37,40-41H,1-13,15-16H2,(H,30,39)(H,31,38)(H,29,34,43)(H2,33,35,42)/t17-,18?,19?,23-,24?,25?,26?/m1/s1. The summed E-state index contributed by atoms with van der Waals surface area (Å²) >= 11 is 1.89. The van der Waals surface area contributed by atoms with Crippen molar-refractivity contribution >= 4 is 35.4 Å². The Morgan fingerprint density at radius 3 is 2.33 bits per heavy atom. The Balaban J connectivity index is 0.947. The Hall–Kier alpha value is -2.99. The highest BCUT2D eigenvalue weighted by Crippen LogP contribution is 2.33. The lowest BCUT2D eigenvalue weighted by Gasteiger charge is -2.16. The molecular formula is C28H46N8O8S. The molecule has 45 heavy (non-hydrogen) atoms. The monoisotopic (exact) mass is 654 g/mol. The molecule has 0 spiro atoms. The molecule has 3 saturated heterocycles. The minimum Gasteiger partial charge on any atom is -0.394 e. The lowest BCUT2D eigenvalue weighted by molar-refractivity contribution is -0.122. The lowest BCUT2D eigenvalue weighted by Crippen LogP contribution is -2.37. The van der Waals surface area contributed by atoms with Gasteiger partial charge >= 0.3 is 11.7 Å². The summed E-state index contributed by atoms with van der Waals surface area (Å²) in [5.41, 5.74) is -0.771. The Bertz CT molecular complexity index is 1190. The number of aliphatic hydroxyl groups excluding tert-OH is 3. The van der Waals surface area contributed by atoms with E-state index in [4.69, 9.17) is 4.74 Å². The molecule has 5 unspecified atom stereocenters. The van der Waals surface area contributed by atoms with E-state index in [-0.39, 0.29) is 35.7 Å². The smallest absolute Gasteiger partial charge is 0.368 e. The summed E-state index contributed by atoms with van der Waals surface area (Å²) in [6.07, 6.45) is 3.90. The van der Waals surface area contributed by atoms with Crippen LogP contribution < -0.4 is 32.3 Å². The predicted octanol–water partition coefficient (Wildman–Crippen LogP) is -1.04. The number of urea groups is 1. The van der Waals surface area contributed by atoms with Gasteiger partial charge in [0.15, 0.2) is 12.0 Å². The third kappa shape index (κ3) is 10.3. The number of aliphatic hydroxyl groups is 3. The third-order valence-electron chi connectivity index (χ3n) is 8.19. The van der Waals surface area contributed by atoms with Gasteiger partial charge in [-0.2, -0.15) is 26.5 Å². The van der Waals surface area contributed by atoms with E-state index in [1.54, 1.807) is 0 Å². The fourth-order valence-corrected chi connectivity index (χ4v) is 7.20. The number of fused-ring (bicyclic) bond motifs is 1. The van der Waals surface area contributed by atoms with Crippen molar-refractivity contribution in [2.24, 2.45) is 0 Å². The number of anilines is 1. The van der Waals surface area contributed by atoms with Gasteiger partial charge in [-0.1, -0.05) is 12.8 Å². The van der Waals surface area contributed by atoms with Crippen molar-refractivity contribution in [1.82, 2.24) is 36.0 Å². The first-order valence-electron chi connectivity index (χ1n) is 15.8. The Morgan fingerprint density at radius 2 is 1.64 bits per heavy atom. The first kappa shape index (κ1) is 34.9. The van der Waals surface area contributed by atoms with Gasteiger partial charge in [0.25, 0.3) is 0 Å². The fraction of sp³-hybridized carbons (Fsp3) is 0.786. The van der Waals surface area contributed by atoms with E-state index in [2.05, 4.69) is 36.7 Å². The molecule has 0 bridgehead atoms. The molecular weight excluding hydrogens is 608 g/mol.